The van der Waals surface area contributed by atoms with Gasteiger partial charge in [-0.25, -0.2) is 0 Å². The zero-order valence-corrected chi connectivity index (χ0v) is 10.3. The van der Waals surface area contributed by atoms with Gasteiger partial charge >= 0.3 is 0 Å². The third kappa shape index (κ3) is 5.42. The van der Waals surface area contributed by atoms with E-state index in [9.17, 15) is 4.79 Å². The predicted octanol–water partition coefficient (Wildman–Crippen LogP) is -3.07. The Morgan fingerprint density at radius 3 is 2.07 bits per heavy atom. The van der Waals surface area contributed by atoms with E-state index in [-0.39, 0.29) is 24.5 Å². The molecule has 0 aromatic heterocycles. The van der Waals surface area contributed by atoms with Crippen molar-refractivity contribution in [2.24, 2.45) is 0 Å². The molecule has 0 saturated heterocycles. The van der Waals surface area contributed by atoms with Crippen LogP contribution in [-0.4, -0.2) is 48.9 Å². The molecule has 0 radical (unpaired) electrons. The number of nitrogens with zero attached hydrogens (tertiary/aromatic N) is 1. The Morgan fingerprint density at radius 2 is 1.86 bits per heavy atom. The Kier molecular flexibility index (Phi) is 7.16. The highest BCUT2D eigenvalue weighted by molar-refractivity contribution is 5.80. The van der Waals surface area contributed by atoms with Crippen LogP contribution in [-0.2, 0) is 4.79 Å². The first-order valence-corrected chi connectivity index (χ1v) is 4.58. The van der Waals surface area contributed by atoms with Gasteiger partial charge in [0.1, 0.15) is 6.10 Å². The van der Waals surface area contributed by atoms with E-state index < -0.39 is 6.10 Å². The van der Waals surface area contributed by atoms with E-state index in [1.165, 1.54) is 6.92 Å². The van der Waals surface area contributed by atoms with Crippen molar-refractivity contribution in [2.45, 2.75) is 32.5 Å². The lowest BCUT2D eigenvalue weighted by molar-refractivity contribution is -0.898. The van der Waals surface area contributed by atoms with Gasteiger partial charge in [-0.15, -0.1) is 0 Å². The van der Waals surface area contributed by atoms with Crippen LogP contribution in [0.3, 0.4) is 0 Å². The molecular weight excluding hydrogens is 204 g/mol. The van der Waals surface area contributed by atoms with Crippen LogP contribution in [0.25, 0.3) is 0 Å². The second-order valence-electron chi connectivity index (χ2n) is 4.22. The van der Waals surface area contributed by atoms with Crippen LogP contribution in [0.15, 0.2) is 0 Å². The van der Waals surface area contributed by atoms with E-state index in [2.05, 4.69) is 5.32 Å². The Morgan fingerprint density at radius 1 is 1.43 bits per heavy atom. The molecule has 2 N–H and O–H groups in total. The summed E-state index contributed by atoms with van der Waals surface area (Å²) in [5, 5.41) is 11.8. The molecule has 0 aliphatic rings. The number of nitrogens with one attached hydrogen (secondary N) is 1. The van der Waals surface area contributed by atoms with E-state index in [4.69, 9.17) is 5.11 Å². The Bertz CT molecular complexity index is 178. The average molecular weight is 225 g/mol. The normalized spacial score (nSPS) is 15.3. The van der Waals surface area contributed by atoms with Crippen LogP contribution >= 0.6 is 0 Å². The Labute approximate surface area is 92.3 Å². The third-order valence-electron chi connectivity index (χ3n) is 2.01. The topological polar surface area (TPSA) is 49.3 Å². The summed E-state index contributed by atoms with van der Waals surface area (Å²) in [6.45, 7) is 3.48. The lowest BCUT2D eigenvalue weighted by atomic mass is 10.3. The minimum Gasteiger partial charge on any atom is -1.00 e. The van der Waals surface area contributed by atoms with Crippen molar-refractivity contribution in [3.8, 4) is 0 Å². The first-order valence-electron chi connectivity index (χ1n) is 4.58. The average Bonchev–Trinajstić information content (AvgIpc) is 1.96. The zero-order valence-electron chi connectivity index (χ0n) is 9.54. The lowest BCUT2D eigenvalue weighted by Crippen LogP contribution is -3.00. The fourth-order valence-corrected chi connectivity index (χ4v) is 1.13. The van der Waals surface area contributed by atoms with Crippen molar-refractivity contribution in [1.29, 1.82) is 0 Å². The van der Waals surface area contributed by atoms with Crippen molar-refractivity contribution >= 4 is 5.91 Å². The van der Waals surface area contributed by atoms with Gasteiger partial charge < -0.3 is 27.3 Å². The molecular formula is C9H21ClN2O2. The first kappa shape index (κ1) is 16.1. The second-order valence-corrected chi connectivity index (χ2v) is 4.22. The number of carbonyl (C=O) groups excluding carboxylic acids is 1. The maximum absolute atomic E-state index is 11.2. The lowest BCUT2D eigenvalue weighted by Gasteiger charge is -2.34. The largest absolute Gasteiger partial charge is 1.00 e. The number of aliphatic hydroxyl groups is 1. The molecule has 0 saturated carbocycles. The predicted molar refractivity (Wildman–Crippen MR) is 51.9 cm³/mol. The number of amides is 1. The SMILES string of the molecule is CCC(NC(=O)C(C)O)[N+](C)(C)C.[Cl-]. The van der Waals surface area contributed by atoms with Gasteiger partial charge in [-0.05, 0) is 6.92 Å². The number of aliphatic hydroxyl groups excluding tert-OH is 1. The van der Waals surface area contributed by atoms with Gasteiger partial charge in [0, 0.05) is 6.42 Å². The quantitative estimate of drug-likeness (QED) is 0.394. The number of hydrogen-bond acceptors (Lipinski definition) is 2. The van der Waals surface area contributed by atoms with Gasteiger partial charge in [-0.3, -0.25) is 4.79 Å². The molecule has 86 valence electrons. The van der Waals surface area contributed by atoms with Gasteiger partial charge in [0.2, 0.25) is 0 Å². The fourth-order valence-electron chi connectivity index (χ4n) is 1.13. The maximum atomic E-state index is 11.2. The van der Waals surface area contributed by atoms with Crippen LogP contribution in [0.1, 0.15) is 20.3 Å². The van der Waals surface area contributed by atoms with Crippen molar-refractivity contribution in [3.63, 3.8) is 0 Å². The molecule has 0 rings (SSSR count). The molecule has 5 heteroatoms. The molecule has 0 aromatic rings. The Hall–Kier alpha value is -0.320. The highest BCUT2D eigenvalue weighted by Gasteiger charge is 2.24. The van der Waals surface area contributed by atoms with Crippen molar-refractivity contribution in [3.05, 3.63) is 0 Å². The molecule has 2 unspecified atom stereocenters. The third-order valence-corrected chi connectivity index (χ3v) is 2.01. The smallest absolute Gasteiger partial charge is 0.252 e. The van der Waals surface area contributed by atoms with Crippen molar-refractivity contribution in [1.82, 2.24) is 5.32 Å². The summed E-state index contributed by atoms with van der Waals surface area (Å²) >= 11 is 0. The van der Waals surface area contributed by atoms with Gasteiger partial charge in [0.15, 0.2) is 6.17 Å². The highest BCUT2D eigenvalue weighted by atomic mass is 35.5. The summed E-state index contributed by atoms with van der Waals surface area (Å²) in [5.41, 5.74) is 0. The molecule has 0 aliphatic carbocycles. The number of quaternary nitrogens is 1. The van der Waals surface area contributed by atoms with Crippen LogP contribution in [0.5, 0.6) is 0 Å². The van der Waals surface area contributed by atoms with Crippen LogP contribution < -0.4 is 17.7 Å². The molecule has 0 aliphatic heterocycles. The van der Waals surface area contributed by atoms with Gasteiger partial charge in [0.05, 0.1) is 21.1 Å². The van der Waals surface area contributed by atoms with E-state index in [1.807, 2.05) is 28.1 Å². The number of carbonyl (C=O) groups is 1. The van der Waals surface area contributed by atoms with E-state index >= 15 is 0 Å². The summed E-state index contributed by atoms with van der Waals surface area (Å²) in [4.78, 5) is 11.2. The first-order chi connectivity index (χ1) is 5.79. The van der Waals surface area contributed by atoms with Gasteiger partial charge in [-0.1, -0.05) is 6.92 Å². The number of rotatable bonds is 4. The minimum atomic E-state index is -0.930. The minimum absolute atomic E-state index is 0. The molecule has 1 amide bonds. The molecule has 0 heterocycles. The molecule has 0 bridgehead atoms. The van der Waals surface area contributed by atoms with Crippen molar-refractivity contribution in [2.75, 3.05) is 21.1 Å². The fraction of sp³-hybridized carbons (Fsp3) is 0.889. The molecule has 2 atom stereocenters. The van der Waals surface area contributed by atoms with Gasteiger partial charge in [0.25, 0.3) is 5.91 Å². The van der Waals surface area contributed by atoms with Crippen molar-refractivity contribution < 1.29 is 26.8 Å². The van der Waals surface area contributed by atoms with E-state index in [1.54, 1.807) is 0 Å². The second kappa shape index (κ2) is 6.22. The highest BCUT2D eigenvalue weighted by Crippen LogP contribution is 2.03. The zero-order chi connectivity index (χ0) is 10.6. The molecule has 4 nitrogen and oxygen atoms in total. The van der Waals surface area contributed by atoms with E-state index in [0.717, 1.165) is 6.42 Å². The summed E-state index contributed by atoms with van der Waals surface area (Å²) in [6.07, 6.45) is -0.0233. The van der Waals surface area contributed by atoms with Gasteiger partial charge in [-0.2, -0.15) is 0 Å². The summed E-state index contributed by atoms with van der Waals surface area (Å²) < 4.78 is 0.662. The molecule has 0 spiro atoms. The molecule has 0 aromatic carbocycles. The molecule has 14 heavy (non-hydrogen) atoms. The number of hydrogen-bond donors (Lipinski definition) is 2. The summed E-state index contributed by atoms with van der Waals surface area (Å²) in [6, 6.07) is 0. The Balaban J connectivity index is 0. The van der Waals surface area contributed by atoms with Crippen LogP contribution in [0.2, 0.25) is 0 Å². The molecule has 0 fully saturated rings. The summed E-state index contributed by atoms with van der Waals surface area (Å²) in [7, 11) is 6.03. The van der Waals surface area contributed by atoms with Crippen LogP contribution in [0.4, 0.5) is 0 Å². The summed E-state index contributed by atoms with van der Waals surface area (Å²) in [5.74, 6) is -0.306. The van der Waals surface area contributed by atoms with Crippen LogP contribution in [0, 0.1) is 0 Å². The maximum Gasteiger partial charge on any atom is 0.252 e. The number of halogens is 1. The standard InChI is InChI=1S/C9H20N2O2.ClH/c1-6-8(11(3,4)5)10-9(13)7(2)12;/h7-8,12H,6H2,1-5H3;1H. The monoisotopic (exact) mass is 224 g/mol. The van der Waals surface area contributed by atoms with E-state index in [0.29, 0.717) is 4.48 Å².